The van der Waals surface area contributed by atoms with Crippen LogP contribution in [0, 0.1) is 0 Å². The van der Waals surface area contributed by atoms with Crippen molar-refractivity contribution in [3.63, 3.8) is 0 Å². The van der Waals surface area contributed by atoms with Gasteiger partial charge in [0.05, 0.1) is 6.61 Å². The molecule has 0 aliphatic heterocycles. The van der Waals surface area contributed by atoms with E-state index in [1.54, 1.807) is 0 Å². The van der Waals surface area contributed by atoms with Crippen LogP contribution in [0.4, 0.5) is 0 Å². The van der Waals surface area contributed by atoms with Gasteiger partial charge in [-0.25, -0.2) is 0 Å². The Morgan fingerprint density at radius 1 is 0.742 bits per heavy atom. The molecule has 0 aromatic heterocycles. The van der Waals surface area contributed by atoms with Gasteiger partial charge in [-0.3, -0.25) is 4.79 Å². The molecule has 0 radical (unpaired) electrons. The lowest BCUT2D eigenvalue weighted by molar-refractivity contribution is -0.145. The molecule has 3 heteroatoms. The summed E-state index contributed by atoms with van der Waals surface area (Å²) in [5.74, 6) is 0.671. The number of esters is 1. The molecule has 0 heterocycles. The highest BCUT2D eigenvalue weighted by molar-refractivity contribution is 5.67. The summed E-state index contributed by atoms with van der Waals surface area (Å²) in [5.41, 5.74) is 3.29. The molecule has 0 saturated carbocycles. The Hall–Kier alpha value is -2.29. The molecule has 0 aliphatic carbocycles. The predicted molar refractivity (Wildman–Crippen MR) is 129 cm³/mol. The standard InChI is InChI=1S/C28H40O3/c1-4-5-6-7-8-9-10-11-12-13-22-30-28-20-18-27(19-21-28)26-16-14-25(15-17-26)23(2)31-24(3)29/h14-21,23H,4-13,22H2,1-3H3. The number of unbranched alkanes of at least 4 members (excludes halogenated alkanes) is 9. The molecule has 0 amide bonds. The van der Waals surface area contributed by atoms with Gasteiger partial charge in [0.15, 0.2) is 0 Å². The van der Waals surface area contributed by atoms with Gasteiger partial charge in [-0.2, -0.15) is 0 Å². The summed E-state index contributed by atoms with van der Waals surface area (Å²) in [4.78, 5) is 11.1. The van der Waals surface area contributed by atoms with Crippen molar-refractivity contribution in [2.75, 3.05) is 6.61 Å². The molecule has 3 nitrogen and oxygen atoms in total. The van der Waals surface area contributed by atoms with Crippen molar-refractivity contribution >= 4 is 5.97 Å². The molecule has 2 aromatic carbocycles. The van der Waals surface area contributed by atoms with Crippen LogP contribution in [0.2, 0.25) is 0 Å². The lowest BCUT2D eigenvalue weighted by atomic mass is 10.0. The monoisotopic (exact) mass is 424 g/mol. The minimum absolute atomic E-state index is 0.229. The lowest BCUT2D eigenvalue weighted by Crippen LogP contribution is -2.04. The third kappa shape index (κ3) is 10.0. The van der Waals surface area contributed by atoms with E-state index >= 15 is 0 Å². The summed E-state index contributed by atoms with van der Waals surface area (Å²) >= 11 is 0. The highest BCUT2D eigenvalue weighted by Crippen LogP contribution is 2.25. The first kappa shape index (κ1) is 25.0. The van der Waals surface area contributed by atoms with Gasteiger partial charge >= 0.3 is 5.97 Å². The number of ether oxygens (including phenoxy) is 2. The fraction of sp³-hybridized carbons (Fsp3) is 0.536. The Kier molecular flexibility index (Phi) is 11.8. The van der Waals surface area contributed by atoms with Gasteiger partial charge in [-0.1, -0.05) is 101 Å². The molecule has 0 aliphatic rings. The maximum Gasteiger partial charge on any atom is 0.303 e. The van der Waals surface area contributed by atoms with E-state index in [1.165, 1.54) is 64.7 Å². The first-order valence-electron chi connectivity index (χ1n) is 12.1. The minimum atomic E-state index is -0.259. The zero-order valence-corrected chi connectivity index (χ0v) is 19.7. The largest absolute Gasteiger partial charge is 0.494 e. The molecule has 1 unspecified atom stereocenters. The van der Waals surface area contributed by atoms with Gasteiger partial charge in [0.25, 0.3) is 0 Å². The van der Waals surface area contributed by atoms with E-state index in [0.717, 1.165) is 35.5 Å². The van der Waals surface area contributed by atoms with Crippen molar-refractivity contribution in [3.8, 4) is 16.9 Å². The van der Waals surface area contributed by atoms with Crippen LogP contribution >= 0.6 is 0 Å². The highest BCUT2D eigenvalue weighted by atomic mass is 16.5. The van der Waals surface area contributed by atoms with Crippen LogP contribution in [-0.4, -0.2) is 12.6 Å². The zero-order valence-electron chi connectivity index (χ0n) is 19.7. The van der Waals surface area contributed by atoms with Crippen molar-refractivity contribution in [2.45, 2.75) is 91.1 Å². The zero-order chi connectivity index (χ0) is 22.3. The van der Waals surface area contributed by atoms with Crippen molar-refractivity contribution in [2.24, 2.45) is 0 Å². The van der Waals surface area contributed by atoms with Crippen LogP contribution in [0.15, 0.2) is 48.5 Å². The van der Waals surface area contributed by atoms with Crippen molar-refractivity contribution in [3.05, 3.63) is 54.1 Å². The lowest BCUT2D eigenvalue weighted by Gasteiger charge is -2.13. The van der Waals surface area contributed by atoms with Gasteiger partial charge in [0.2, 0.25) is 0 Å². The van der Waals surface area contributed by atoms with E-state index in [4.69, 9.17) is 9.47 Å². The molecule has 0 saturated heterocycles. The summed E-state index contributed by atoms with van der Waals surface area (Å²) in [6, 6.07) is 16.4. The fourth-order valence-corrected chi connectivity index (χ4v) is 3.79. The number of hydrogen-bond acceptors (Lipinski definition) is 3. The summed E-state index contributed by atoms with van der Waals surface area (Å²) in [5, 5.41) is 0. The van der Waals surface area contributed by atoms with E-state index in [-0.39, 0.29) is 12.1 Å². The molecule has 2 aromatic rings. The molecule has 170 valence electrons. The second kappa shape index (κ2) is 14.7. The van der Waals surface area contributed by atoms with E-state index in [2.05, 4.69) is 31.2 Å². The second-order valence-corrected chi connectivity index (χ2v) is 8.43. The number of benzene rings is 2. The molecule has 0 bridgehead atoms. The van der Waals surface area contributed by atoms with Crippen LogP contribution in [0.1, 0.15) is 96.6 Å². The van der Waals surface area contributed by atoms with E-state index in [1.807, 2.05) is 31.2 Å². The third-order valence-corrected chi connectivity index (χ3v) is 5.68. The summed E-state index contributed by atoms with van der Waals surface area (Å²) < 4.78 is 11.1. The van der Waals surface area contributed by atoms with Gasteiger partial charge < -0.3 is 9.47 Å². The Balaban J connectivity index is 1.64. The summed E-state index contributed by atoms with van der Waals surface area (Å²) in [6.45, 7) is 6.38. The normalized spacial score (nSPS) is 11.8. The van der Waals surface area contributed by atoms with Gasteiger partial charge in [-0.15, -0.1) is 0 Å². The van der Waals surface area contributed by atoms with Gasteiger partial charge in [-0.05, 0) is 42.2 Å². The molecule has 1 atom stereocenters. The number of rotatable bonds is 15. The first-order chi connectivity index (χ1) is 15.1. The summed E-state index contributed by atoms with van der Waals surface area (Å²) in [7, 11) is 0. The van der Waals surface area contributed by atoms with Crippen molar-refractivity contribution in [1.82, 2.24) is 0 Å². The Labute approximate surface area is 189 Å². The molecule has 0 N–H and O–H groups in total. The maximum absolute atomic E-state index is 11.1. The Morgan fingerprint density at radius 3 is 1.74 bits per heavy atom. The number of carbonyl (C=O) groups is 1. The number of carbonyl (C=O) groups excluding carboxylic acids is 1. The van der Waals surface area contributed by atoms with Crippen molar-refractivity contribution < 1.29 is 14.3 Å². The van der Waals surface area contributed by atoms with Gasteiger partial charge in [0.1, 0.15) is 11.9 Å². The van der Waals surface area contributed by atoms with Crippen LogP contribution in [0.5, 0.6) is 5.75 Å². The molecule has 31 heavy (non-hydrogen) atoms. The molecular weight excluding hydrogens is 384 g/mol. The van der Waals surface area contributed by atoms with Crippen LogP contribution in [0.3, 0.4) is 0 Å². The fourth-order valence-electron chi connectivity index (χ4n) is 3.79. The van der Waals surface area contributed by atoms with Gasteiger partial charge in [0, 0.05) is 6.92 Å². The minimum Gasteiger partial charge on any atom is -0.494 e. The first-order valence-corrected chi connectivity index (χ1v) is 12.1. The van der Waals surface area contributed by atoms with E-state index in [0.29, 0.717) is 0 Å². The van der Waals surface area contributed by atoms with Crippen LogP contribution in [0.25, 0.3) is 11.1 Å². The summed E-state index contributed by atoms with van der Waals surface area (Å²) in [6.07, 6.45) is 13.1. The average molecular weight is 425 g/mol. The second-order valence-electron chi connectivity index (χ2n) is 8.43. The molecular formula is C28H40O3. The highest BCUT2D eigenvalue weighted by Gasteiger charge is 2.08. The SMILES string of the molecule is CCCCCCCCCCCCOc1ccc(-c2ccc(C(C)OC(C)=O)cc2)cc1. The van der Waals surface area contributed by atoms with E-state index in [9.17, 15) is 4.79 Å². The van der Waals surface area contributed by atoms with Crippen molar-refractivity contribution in [1.29, 1.82) is 0 Å². The molecule has 0 fully saturated rings. The molecule has 2 rings (SSSR count). The average Bonchev–Trinajstić information content (AvgIpc) is 2.77. The predicted octanol–water partition coefficient (Wildman–Crippen LogP) is 8.28. The third-order valence-electron chi connectivity index (χ3n) is 5.68. The maximum atomic E-state index is 11.1. The molecule has 0 spiro atoms. The number of hydrogen-bond donors (Lipinski definition) is 0. The topological polar surface area (TPSA) is 35.5 Å². The van der Waals surface area contributed by atoms with Crippen LogP contribution < -0.4 is 4.74 Å². The Morgan fingerprint density at radius 2 is 1.23 bits per heavy atom. The quantitative estimate of drug-likeness (QED) is 0.213. The smallest absolute Gasteiger partial charge is 0.303 e. The van der Waals surface area contributed by atoms with Crippen LogP contribution in [-0.2, 0) is 9.53 Å². The Bertz CT molecular complexity index is 734. The van der Waals surface area contributed by atoms with E-state index < -0.39 is 0 Å².